The molecule has 1 aromatic rings. The zero-order chi connectivity index (χ0) is 12.7. The second-order valence-corrected chi connectivity index (χ2v) is 4.48. The van der Waals surface area contributed by atoms with Gasteiger partial charge in [0, 0.05) is 12.7 Å². The molecule has 3 nitrogen and oxygen atoms in total. The second kappa shape index (κ2) is 7.35. The van der Waals surface area contributed by atoms with Crippen LogP contribution >= 0.6 is 12.2 Å². The average Bonchev–Trinajstić information content (AvgIpc) is 2.36. The summed E-state index contributed by atoms with van der Waals surface area (Å²) in [6.07, 6.45) is 5.25. The summed E-state index contributed by atoms with van der Waals surface area (Å²) in [6.45, 7) is 4.52. The van der Waals surface area contributed by atoms with Crippen LogP contribution in [0.25, 0.3) is 0 Å². The van der Waals surface area contributed by atoms with Crippen molar-refractivity contribution in [2.24, 2.45) is 5.73 Å². The molecule has 0 aromatic carbocycles. The van der Waals surface area contributed by atoms with Crippen LogP contribution in [0, 0.1) is 0 Å². The first-order chi connectivity index (χ1) is 8.17. The van der Waals surface area contributed by atoms with Crippen molar-refractivity contribution in [3.63, 3.8) is 0 Å². The highest BCUT2D eigenvalue weighted by molar-refractivity contribution is 7.80. The topological polar surface area (TPSA) is 48.1 Å². The molecule has 0 radical (unpaired) electrons. The molecule has 1 rings (SSSR count). The molecule has 0 fully saturated rings. The molecule has 0 aliphatic carbocycles. The normalized spacial score (nSPS) is 12.2. The Balaban J connectivity index is 2.57. The Hall–Kier alpha value is -1.00. The minimum atomic E-state index is -0.0657. The number of hydrogen-bond donors (Lipinski definition) is 1. The number of nitrogens with zero attached hydrogens (tertiary/aromatic N) is 1. The minimum absolute atomic E-state index is 0.0657. The Bertz CT molecular complexity index is 351. The van der Waals surface area contributed by atoms with Crippen molar-refractivity contribution >= 4 is 17.3 Å². The lowest BCUT2D eigenvalue weighted by molar-refractivity contribution is 0.223. The molecule has 17 heavy (non-hydrogen) atoms. The number of thiocarbonyl (C=S) groups is 1. The summed E-state index contributed by atoms with van der Waals surface area (Å²) < 4.78 is 5.45. The van der Waals surface area contributed by atoms with Gasteiger partial charge in [0.2, 0.25) is 5.05 Å². The molecule has 4 heteroatoms. The fourth-order valence-corrected chi connectivity index (χ4v) is 1.65. The third kappa shape index (κ3) is 4.79. The summed E-state index contributed by atoms with van der Waals surface area (Å²) in [5.41, 5.74) is 7.42. The van der Waals surface area contributed by atoms with E-state index >= 15 is 0 Å². The van der Waals surface area contributed by atoms with Crippen molar-refractivity contribution in [2.75, 3.05) is 6.54 Å². The van der Waals surface area contributed by atoms with Gasteiger partial charge in [-0.25, -0.2) is 0 Å². The van der Waals surface area contributed by atoms with Crippen LogP contribution in [0.2, 0.25) is 0 Å². The first-order valence-corrected chi connectivity index (χ1v) is 6.44. The van der Waals surface area contributed by atoms with Crippen LogP contribution in [0.3, 0.4) is 0 Å². The van der Waals surface area contributed by atoms with Gasteiger partial charge < -0.3 is 10.5 Å². The Morgan fingerprint density at radius 2 is 2.29 bits per heavy atom. The number of aromatic nitrogens is 1. The zero-order valence-electron chi connectivity index (χ0n) is 10.5. The first-order valence-electron chi connectivity index (χ1n) is 6.03. The van der Waals surface area contributed by atoms with E-state index in [-0.39, 0.29) is 6.10 Å². The molecule has 0 saturated carbocycles. The quantitative estimate of drug-likeness (QED) is 0.790. The largest absolute Gasteiger partial charge is 0.477 e. The number of ether oxygens (including phenoxy) is 1. The summed E-state index contributed by atoms with van der Waals surface area (Å²) in [5.74, 6) is 0. The number of unbranched alkanes of at least 4 members (excludes halogenated alkanes) is 1. The van der Waals surface area contributed by atoms with Gasteiger partial charge in [-0.05, 0) is 43.6 Å². The second-order valence-electron chi connectivity index (χ2n) is 4.11. The van der Waals surface area contributed by atoms with E-state index < -0.39 is 0 Å². The number of pyridine rings is 1. The molecular formula is C13H20N2OS. The minimum Gasteiger partial charge on any atom is -0.477 e. The highest BCUT2D eigenvalue weighted by Gasteiger charge is 2.07. The molecule has 1 aromatic heterocycles. The molecule has 0 bridgehead atoms. The van der Waals surface area contributed by atoms with Crippen LogP contribution in [0.1, 0.15) is 37.9 Å². The molecule has 1 heterocycles. The Morgan fingerprint density at radius 1 is 1.53 bits per heavy atom. The predicted molar refractivity (Wildman–Crippen MR) is 74.2 cm³/mol. The van der Waals surface area contributed by atoms with E-state index in [1.165, 1.54) is 18.4 Å². The first kappa shape index (κ1) is 14.1. The van der Waals surface area contributed by atoms with Gasteiger partial charge in [-0.3, -0.25) is 4.98 Å². The van der Waals surface area contributed by atoms with Crippen LogP contribution < -0.4 is 5.73 Å². The van der Waals surface area contributed by atoms with Gasteiger partial charge in [0.15, 0.2) is 0 Å². The molecule has 0 saturated heterocycles. The van der Waals surface area contributed by atoms with E-state index in [9.17, 15) is 0 Å². The van der Waals surface area contributed by atoms with Crippen LogP contribution in [-0.2, 0) is 11.2 Å². The Morgan fingerprint density at radius 3 is 2.82 bits per heavy atom. The van der Waals surface area contributed by atoms with Gasteiger partial charge >= 0.3 is 0 Å². The third-order valence-electron chi connectivity index (χ3n) is 2.49. The smallest absolute Gasteiger partial charge is 0.210 e. The highest BCUT2D eigenvalue weighted by Crippen LogP contribution is 2.07. The van der Waals surface area contributed by atoms with E-state index in [1.807, 2.05) is 19.2 Å². The van der Waals surface area contributed by atoms with Crippen molar-refractivity contribution in [1.29, 1.82) is 0 Å². The lowest BCUT2D eigenvalue weighted by Crippen LogP contribution is -2.23. The average molecular weight is 252 g/mol. The standard InChI is InChI=1S/C13H20N2OS/c1-3-4-5-11-6-7-12(15-9-11)13(17)16-10(2)8-14/h6-7,9-10H,3-5,8,14H2,1-2H3. The zero-order valence-corrected chi connectivity index (χ0v) is 11.3. The monoisotopic (exact) mass is 252 g/mol. The van der Waals surface area contributed by atoms with E-state index in [0.717, 1.165) is 6.42 Å². The molecule has 0 aliphatic rings. The molecule has 0 spiro atoms. The van der Waals surface area contributed by atoms with E-state index in [4.69, 9.17) is 22.7 Å². The van der Waals surface area contributed by atoms with Crippen molar-refractivity contribution in [2.45, 2.75) is 39.2 Å². The number of hydrogen-bond acceptors (Lipinski definition) is 4. The molecular weight excluding hydrogens is 232 g/mol. The summed E-state index contributed by atoms with van der Waals surface area (Å²) in [4.78, 5) is 4.31. The maximum atomic E-state index is 5.47. The number of nitrogens with two attached hydrogens (primary N) is 1. The van der Waals surface area contributed by atoms with E-state index in [2.05, 4.69) is 18.0 Å². The van der Waals surface area contributed by atoms with Gasteiger partial charge in [0.05, 0.1) is 0 Å². The fraction of sp³-hybridized carbons (Fsp3) is 0.538. The highest BCUT2D eigenvalue weighted by atomic mass is 32.1. The van der Waals surface area contributed by atoms with Crippen molar-refractivity contribution in [3.8, 4) is 0 Å². The van der Waals surface area contributed by atoms with Crippen molar-refractivity contribution in [3.05, 3.63) is 29.6 Å². The Labute approximate surface area is 108 Å². The Kier molecular flexibility index (Phi) is 6.08. The molecule has 94 valence electrons. The molecule has 1 atom stereocenters. The van der Waals surface area contributed by atoms with Gasteiger partial charge in [-0.2, -0.15) is 0 Å². The van der Waals surface area contributed by atoms with Crippen LogP contribution in [-0.4, -0.2) is 22.7 Å². The lowest BCUT2D eigenvalue weighted by atomic mass is 10.1. The summed E-state index contributed by atoms with van der Waals surface area (Å²) in [5, 5.41) is 0.421. The van der Waals surface area contributed by atoms with E-state index in [0.29, 0.717) is 17.3 Å². The van der Waals surface area contributed by atoms with Crippen LogP contribution in [0.5, 0.6) is 0 Å². The molecule has 1 unspecified atom stereocenters. The third-order valence-corrected chi connectivity index (χ3v) is 2.80. The predicted octanol–water partition coefficient (Wildman–Crippen LogP) is 2.46. The maximum Gasteiger partial charge on any atom is 0.210 e. The number of rotatable bonds is 6. The maximum absolute atomic E-state index is 5.47. The van der Waals surface area contributed by atoms with Gasteiger partial charge in [0.1, 0.15) is 11.8 Å². The van der Waals surface area contributed by atoms with Crippen molar-refractivity contribution in [1.82, 2.24) is 4.98 Å². The fourth-order valence-electron chi connectivity index (χ4n) is 1.37. The summed E-state index contributed by atoms with van der Waals surface area (Å²) in [6, 6.07) is 3.97. The summed E-state index contributed by atoms with van der Waals surface area (Å²) >= 11 is 5.15. The van der Waals surface area contributed by atoms with Gasteiger partial charge in [-0.1, -0.05) is 19.4 Å². The SMILES string of the molecule is CCCCc1ccc(C(=S)OC(C)CN)nc1. The lowest BCUT2D eigenvalue weighted by Gasteiger charge is -2.12. The van der Waals surface area contributed by atoms with Crippen LogP contribution in [0.4, 0.5) is 0 Å². The number of aryl methyl sites for hydroxylation is 1. The van der Waals surface area contributed by atoms with Gasteiger partial charge in [0.25, 0.3) is 0 Å². The van der Waals surface area contributed by atoms with E-state index in [1.54, 1.807) is 0 Å². The summed E-state index contributed by atoms with van der Waals surface area (Å²) in [7, 11) is 0. The van der Waals surface area contributed by atoms with Gasteiger partial charge in [-0.15, -0.1) is 0 Å². The molecule has 0 amide bonds. The van der Waals surface area contributed by atoms with Crippen LogP contribution in [0.15, 0.2) is 18.3 Å². The molecule has 2 N–H and O–H groups in total. The van der Waals surface area contributed by atoms with Crippen molar-refractivity contribution < 1.29 is 4.74 Å². The molecule has 0 aliphatic heterocycles.